The number of carbonyl (C=O) groups excluding carboxylic acids is 2. The number of nitrogens with one attached hydrogen (secondary N) is 2. The first-order valence-electron chi connectivity index (χ1n) is 10.5. The van der Waals surface area contributed by atoms with Gasteiger partial charge >= 0.3 is 0 Å². The Labute approximate surface area is 209 Å². The van der Waals surface area contributed by atoms with Crippen molar-refractivity contribution >= 4 is 62.7 Å². The summed E-state index contributed by atoms with van der Waals surface area (Å²) in [5.74, 6) is -1.14. The maximum atomic E-state index is 13.3. The minimum Gasteiger partial charge on any atom is -0.321 e. The molecule has 2 N–H and O–H groups in total. The summed E-state index contributed by atoms with van der Waals surface area (Å²) in [6.07, 6.45) is 1.42. The lowest BCUT2D eigenvalue weighted by atomic mass is 10.2. The molecule has 2 heterocycles. The molecular weight excluding hydrogens is 495 g/mol. The monoisotopic (exact) mass is 514 g/mol. The fourth-order valence-corrected chi connectivity index (χ4v) is 4.83. The van der Waals surface area contributed by atoms with E-state index in [2.05, 4.69) is 15.6 Å². The van der Waals surface area contributed by atoms with E-state index in [4.69, 9.17) is 23.2 Å². The molecule has 0 spiro atoms. The molecule has 0 saturated carbocycles. The zero-order valence-corrected chi connectivity index (χ0v) is 20.6. The second-order valence-corrected chi connectivity index (χ2v) is 9.46. The van der Waals surface area contributed by atoms with Gasteiger partial charge in [0.15, 0.2) is 4.96 Å². The number of benzene rings is 2. The third kappa shape index (κ3) is 4.99. The highest BCUT2D eigenvalue weighted by Crippen LogP contribution is 2.26. The quantitative estimate of drug-likeness (QED) is 0.338. The predicted octanol–water partition coefficient (Wildman–Crippen LogP) is 5.83. The Morgan fingerprint density at radius 3 is 2.38 bits per heavy atom. The molecule has 0 radical (unpaired) electrons. The van der Waals surface area contributed by atoms with Crippen LogP contribution < -0.4 is 16.2 Å². The Kier molecular flexibility index (Phi) is 7.02. The fourth-order valence-electron chi connectivity index (χ4n) is 3.43. The number of anilines is 2. The highest BCUT2D eigenvalue weighted by molar-refractivity contribution is 7.19. The van der Waals surface area contributed by atoms with Gasteiger partial charge in [-0.25, -0.2) is 9.38 Å². The highest BCUT2D eigenvalue weighted by atomic mass is 35.5. The molecule has 174 valence electrons. The number of fused-ring (bicyclic) bond motifs is 1. The topological polar surface area (TPSA) is 92.6 Å². The molecule has 2 aromatic carbocycles. The Morgan fingerprint density at radius 1 is 1.00 bits per heavy atom. The SMILES string of the molecule is CCCc1cc(=O)n2c(C(=O)Nc3ccc(Cl)cc3)c(C(=O)Nc3ccc(Cl)cc3C)sc2n1. The lowest BCUT2D eigenvalue weighted by Gasteiger charge is -2.10. The van der Waals surface area contributed by atoms with Crippen molar-refractivity contribution in [3.8, 4) is 0 Å². The summed E-state index contributed by atoms with van der Waals surface area (Å²) in [7, 11) is 0. The second kappa shape index (κ2) is 9.97. The molecule has 0 aliphatic carbocycles. The lowest BCUT2D eigenvalue weighted by molar-refractivity contribution is 0.0989. The second-order valence-electron chi connectivity index (χ2n) is 7.61. The molecule has 4 aromatic rings. The first kappa shape index (κ1) is 23.9. The average Bonchev–Trinajstić information content (AvgIpc) is 3.18. The lowest BCUT2D eigenvalue weighted by Crippen LogP contribution is -2.25. The van der Waals surface area contributed by atoms with Crippen molar-refractivity contribution in [2.45, 2.75) is 26.7 Å². The molecule has 0 atom stereocenters. The van der Waals surface area contributed by atoms with Crippen LogP contribution in [0.2, 0.25) is 10.0 Å². The standard InChI is InChI=1S/C24H20Cl2N4O3S/c1-3-4-17-12-19(31)30-20(22(32)27-16-8-5-14(25)6-9-16)21(34-24(30)28-17)23(33)29-18-10-7-15(26)11-13(18)2/h5-12H,3-4H2,1-2H3,(H,27,32)(H,29,33). The van der Waals surface area contributed by atoms with Gasteiger partial charge in [0.2, 0.25) is 0 Å². The van der Waals surface area contributed by atoms with Crippen LogP contribution >= 0.6 is 34.5 Å². The number of hydrogen-bond acceptors (Lipinski definition) is 5. The number of rotatable bonds is 6. The number of thiazole rings is 1. The first-order valence-corrected chi connectivity index (χ1v) is 12.0. The molecule has 0 fully saturated rings. The number of aromatic nitrogens is 2. The van der Waals surface area contributed by atoms with Gasteiger partial charge in [0.1, 0.15) is 10.6 Å². The van der Waals surface area contributed by atoms with Crippen molar-refractivity contribution in [3.05, 3.63) is 90.8 Å². The van der Waals surface area contributed by atoms with E-state index in [1.807, 2.05) is 13.8 Å². The first-order chi connectivity index (χ1) is 16.3. The van der Waals surface area contributed by atoms with Crippen molar-refractivity contribution < 1.29 is 9.59 Å². The van der Waals surface area contributed by atoms with E-state index in [1.54, 1.807) is 42.5 Å². The van der Waals surface area contributed by atoms with E-state index < -0.39 is 17.4 Å². The summed E-state index contributed by atoms with van der Waals surface area (Å²) >= 11 is 12.9. The van der Waals surface area contributed by atoms with E-state index >= 15 is 0 Å². The van der Waals surface area contributed by atoms with Crippen LogP contribution in [0.3, 0.4) is 0 Å². The minimum atomic E-state index is -0.612. The van der Waals surface area contributed by atoms with E-state index in [1.165, 1.54) is 10.5 Å². The smallest absolute Gasteiger partial charge is 0.274 e. The van der Waals surface area contributed by atoms with Gasteiger partial charge in [-0.3, -0.25) is 14.4 Å². The van der Waals surface area contributed by atoms with E-state index in [9.17, 15) is 14.4 Å². The van der Waals surface area contributed by atoms with Crippen LogP contribution in [0, 0.1) is 6.92 Å². The molecule has 10 heteroatoms. The fraction of sp³-hybridized carbons (Fsp3) is 0.167. The summed E-state index contributed by atoms with van der Waals surface area (Å²) in [6.45, 7) is 3.79. The molecule has 0 aliphatic heterocycles. The number of carbonyl (C=O) groups is 2. The number of aryl methyl sites for hydroxylation is 2. The third-order valence-corrected chi connectivity index (χ3v) is 6.57. The van der Waals surface area contributed by atoms with Crippen molar-refractivity contribution in [1.82, 2.24) is 9.38 Å². The van der Waals surface area contributed by atoms with Gasteiger partial charge in [0.05, 0.1) is 0 Å². The van der Waals surface area contributed by atoms with Gasteiger partial charge in [0, 0.05) is 33.2 Å². The summed E-state index contributed by atoms with van der Waals surface area (Å²) < 4.78 is 1.18. The Bertz CT molecular complexity index is 1460. The molecule has 7 nitrogen and oxygen atoms in total. The zero-order chi connectivity index (χ0) is 24.4. The Morgan fingerprint density at radius 2 is 1.71 bits per heavy atom. The summed E-state index contributed by atoms with van der Waals surface area (Å²) in [5.41, 5.74) is 1.88. The summed E-state index contributed by atoms with van der Waals surface area (Å²) in [4.78, 5) is 44.4. The number of amides is 2. The molecule has 34 heavy (non-hydrogen) atoms. The van der Waals surface area contributed by atoms with Crippen molar-refractivity contribution in [2.24, 2.45) is 0 Å². The minimum absolute atomic E-state index is 0.0686. The normalized spacial score (nSPS) is 10.9. The highest BCUT2D eigenvalue weighted by Gasteiger charge is 2.27. The maximum absolute atomic E-state index is 13.3. The van der Waals surface area contributed by atoms with Crippen molar-refractivity contribution in [1.29, 1.82) is 0 Å². The van der Waals surface area contributed by atoms with E-state index in [-0.39, 0.29) is 15.5 Å². The third-order valence-electron chi connectivity index (χ3n) is 5.04. The van der Waals surface area contributed by atoms with Gasteiger partial charge in [-0.2, -0.15) is 0 Å². The van der Waals surface area contributed by atoms with Crippen LogP contribution in [0.25, 0.3) is 4.96 Å². The van der Waals surface area contributed by atoms with Crippen molar-refractivity contribution in [3.63, 3.8) is 0 Å². The average molecular weight is 515 g/mol. The Hall–Kier alpha value is -3.20. The van der Waals surface area contributed by atoms with Gasteiger partial charge < -0.3 is 10.6 Å². The molecule has 0 saturated heterocycles. The van der Waals surface area contributed by atoms with Gasteiger partial charge in [-0.15, -0.1) is 0 Å². The van der Waals surface area contributed by atoms with Crippen LogP contribution in [0.15, 0.2) is 53.3 Å². The zero-order valence-electron chi connectivity index (χ0n) is 18.3. The molecule has 4 rings (SSSR count). The largest absolute Gasteiger partial charge is 0.321 e. The van der Waals surface area contributed by atoms with Gasteiger partial charge in [0.25, 0.3) is 17.4 Å². The number of hydrogen-bond donors (Lipinski definition) is 2. The van der Waals surface area contributed by atoms with Gasteiger partial charge in [-0.05, 0) is 61.4 Å². The van der Waals surface area contributed by atoms with E-state index in [0.29, 0.717) is 33.5 Å². The maximum Gasteiger partial charge on any atom is 0.274 e. The van der Waals surface area contributed by atoms with Crippen LogP contribution in [0.4, 0.5) is 11.4 Å². The number of halogens is 2. The molecule has 0 bridgehead atoms. The number of nitrogens with zero attached hydrogens (tertiary/aromatic N) is 2. The molecule has 2 amide bonds. The van der Waals surface area contributed by atoms with Crippen LogP contribution in [0.1, 0.15) is 44.8 Å². The molecule has 2 aromatic heterocycles. The summed E-state index contributed by atoms with van der Waals surface area (Å²) in [5, 5.41) is 6.60. The predicted molar refractivity (Wildman–Crippen MR) is 137 cm³/mol. The van der Waals surface area contributed by atoms with Crippen LogP contribution in [-0.2, 0) is 6.42 Å². The van der Waals surface area contributed by atoms with Gasteiger partial charge in [-0.1, -0.05) is 47.9 Å². The van der Waals surface area contributed by atoms with E-state index in [0.717, 1.165) is 23.3 Å². The van der Waals surface area contributed by atoms with Crippen LogP contribution in [-0.4, -0.2) is 21.2 Å². The molecule has 0 unspecified atom stereocenters. The molecular formula is C24H20Cl2N4O3S. The van der Waals surface area contributed by atoms with Crippen molar-refractivity contribution in [2.75, 3.05) is 10.6 Å². The Balaban J connectivity index is 1.81. The summed E-state index contributed by atoms with van der Waals surface area (Å²) in [6, 6.07) is 13.0. The molecule has 0 aliphatic rings. The van der Waals surface area contributed by atoms with Crippen LogP contribution in [0.5, 0.6) is 0 Å².